The lowest BCUT2D eigenvalue weighted by Crippen LogP contribution is -1.47. The Hall–Kier alpha value is -0.260. The molecule has 0 amide bonds. The summed E-state index contributed by atoms with van der Waals surface area (Å²) in [7, 11) is 0. The fraction of sp³-hybridized carbons (Fsp3) is 0.800. The van der Waals surface area contributed by atoms with Gasteiger partial charge in [0.1, 0.15) is 0 Å². The molecule has 66 valence electrons. The van der Waals surface area contributed by atoms with Crippen LogP contribution in [0.15, 0.2) is 12.7 Å². The molecule has 0 aromatic carbocycles. The second-order valence-corrected chi connectivity index (χ2v) is 1.41. The van der Waals surface area contributed by atoms with Crippen LogP contribution in [0, 0.1) is 0 Å². The van der Waals surface area contributed by atoms with E-state index < -0.39 is 0 Å². The third kappa shape index (κ3) is 642. The maximum atomic E-state index is 3.36. The molecule has 0 atom stereocenters. The van der Waals surface area contributed by atoms with Gasteiger partial charge in [-0.05, 0) is 6.92 Å². The summed E-state index contributed by atoms with van der Waals surface area (Å²) in [6.45, 7) is 13.6. The van der Waals surface area contributed by atoms with Crippen LogP contribution in [-0.4, -0.2) is 0 Å². The van der Waals surface area contributed by atoms with Crippen LogP contribution < -0.4 is 0 Å². The van der Waals surface area contributed by atoms with Gasteiger partial charge in [-0.2, -0.15) is 0 Å². The first-order chi connectivity index (χ1) is 4.33. The Balaban J connectivity index is -0.0000000273. The van der Waals surface area contributed by atoms with E-state index in [1.54, 1.807) is 6.08 Å². The highest BCUT2D eigenvalue weighted by atomic mass is 13.6. The van der Waals surface area contributed by atoms with Crippen molar-refractivity contribution >= 4 is 0 Å². The van der Waals surface area contributed by atoms with Gasteiger partial charge >= 0.3 is 0 Å². The smallest absolute Gasteiger partial charge is 0.0473 e. The molecule has 0 bridgehead atoms. The zero-order valence-corrected chi connectivity index (χ0v) is 7.70. The molecule has 0 aliphatic rings. The number of unbranched alkanes of at least 4 members (excludes halogenated alkanes) is 1. The molecule has 0 heterocycles. The summed E-state index contributed by atoms with van der Waals surface area (Å²) >= 11 is 0. The maximum absolute atomic E-state index is 3.36. The summed E-state index contributed by atoms with van der Waals surface area (Å²) in [4.78, 5) is 0. The minimum atomic E-state index is 0. The topological polar surface area (TPSA) is 0 Å². The molecule has 0 heteroatoms. The Labute approximate surface area is 68.4 Å². The molecule has 0 rings (SSSR count). The Bertz CT molecular complexity index is 19.2. The molecule has 0 unspecified atom stereocenters. The van der Waals surface area contributed by atoms with Gasteiger partial charge in [0.05, 0.1) is 0 Å². The second-order valence-electron chi connectivity index (χ2n) is 1.41. The van der Waals surface area contributed by atoms with Gasteiger partial charge in [-0.25, -0.2) is 0 Å². The van der Waals surface area contributed by atoms with E-state index in [0.29, 0.717) is 0 Å². The van der Waals surface area contributed by atoms with Crippen LogP contribution in [0.5, 0.6) is 0 Å². The van der Waals surface area contributed by atoms with Gasteiger partial charge < -0.3 is 0 Å². The summed E-state index contributed by atoms with van der Waals surface area (Å²) in [5.41, 5.74) is 0. The predicted octanol–water partition coefficient (Wildman–Crippen LogP) is 4.66. The monoisotopic (exact) mass is 146 g/mol. The molecule has 10 heavy (non-hydrogen) atoms. The summed E-state index contributed by atoms with van der Waals surface area (Å²) in [5.74, 6) is 0. The average molecular weight is 146 g/mol. The number of allylic oxidation sites excluding steroid dienone is 1. The van der Waals surface area contributed by atoms with Crippen molar-refractivity contribution in [3.05, 3.63) is 12.7 Å². The molecular weight excluding hydrogens is 120 g/mol. The molecule has 0 aromatic heterocycles. The minimum Gasteiger partial charge on any atom is -0.103 e. The quantitative estimate of drug-likeness (QED) is 0.472. The van der Waals surface area contributed by atoms with Crippen molar-refractivity contribution in [3.63, 3.8) is 0 Å². The Morgan fingerprint density at radius 3 is 1.20 bits per heavy atom. The first-order valence-electron chi connectivity index (χ1n) is 3.90. The fourth-order valence-corrected chi connectivity index (χ4v) is 0. The van der Waals surface area contributed by atoms with E-state index in [9.17, 15) is 0 Å². The lowest BCUT2D eigenvalue weighted by atomic mass is 10.4. The lowest BCUT2D eigenvalue weighted by molar-refractivity contribution is 0.886. The Morgan fingerprint density at radius 2 is 1.20 bits per heavy atom. The molecule has 0 spiro atoms. The molecule has 0 aromatic rings. The van der Waals surface area contributed by atoms with Gasteiger partial charge in [0.25, 0.3) is 0 Å². The van der Waals surface area contributed by atoms with Gasteiger partial charge in [-0.1, -0.05) is 54.0 Å². The van der Waals surface area contributed by atoms with Gasteiger partial charge in [-0.3, -0.25) is 0 Å². The highest BCUT2D eigenvalue weighted by Gasteiger charge is 1.56. The fourth-order valence-electron chi connectivity index (χ4n) is 0. The Kier molecular flexibility index (Phi) is 157. The van der Waals surface area contributed by atoms with Gasteiger partial charge in [0.15, 0.2) is 0 Å². The van der Waals surface area contributed by atoms with Gasteiger partial charge in [-0.15, -0.1) is 6.58 Å². The predicted molar refractivity (Wildman–Crippen MR) is 54.5 cm³/mol. The molecule has 0 radical (unpaired) electrons. The molecule has 0 saturated carbocycles. The van der Waals surface area contributed by atoms with Crippen LogP contribution in [0.3, 0.4) is 0 Å². The van der Waals surface area contributed by atoms with E-state index in [1.807, 2.05) is 20.8 Å². The summed E-state index contributed by atoms with van der Waals surface area (Å²) < 4.78 is 0. The van der Waals surface area contributed by atoms with Crippen molar-refractivity contribution in [3.8, 4) is 0 Å². The van der Waals surface area contributed by atoms with E-state index >= 15 is 0 Å². The number of rotatable bonds is 1. The SMILES string of the molecule is C.C=CC.CC.CCCC. The summed E-state index contributed by atoms with van der Waals surface area (Å²) in [6.07, 6.45) is 4.39. The van der Waals surface area contributed by atoms with E-state index in [2.05, 4.69) is 20.4 Å². The third-order valence-corrected chi connectivity index (χ3v) is 0.500. The number of hydrogen-bond acceptors (Lipinski definition) is 0. The van der Waals surface area contributed by atoms with Crippen LogP contribution in [-0.2, 0) is 0 Å². The maximum Gasteiger partial charge on any atom is -0.0473 e. The highest BCUT2D eigenvalue weighted by molar-refractivity contribution is 4.51. The van der Waals surface area contributed by atoms with Crippen LogP contribution in [0.2, 0.25) is 0 Å². The van der Waals surface area contributed by atoms with E-state index in [4.69, 9.17) is 0 Å². The average Bonchev–Trinajstić information content (AvgIpc) is 1.94. The van der Waals surface area contributed by atoms with Crippen molar-refractivity contribution in [1.82, 2.24) is 0 Å². The van der Waals surface area contributed by atoms with Gasteiger partial charge in [0.2, 0.25) is 0 Å². The van der Waals surface area contributed by atoms with Crippen LogP contribution in [0.1, 0.15) is 54.9 Å². The summed E-state index contributed by atoms with van der Waals surface area (Å²) in [6, 6.07) is 0. The standard InChI is InChI=1S/C4H10.C3H6.C2H6.CH4/c1-3-4-2;1-3-2;1-2;/h3-4H2,1-2H3;3H,1H2,2H3;1-2H3;1H4. The molecular formula is C10H26. The largest absolute Gasteiger partial charge is 0.103 e. The third-order valence-electron chi connectivity index (χ3n) is 0.500. The molecule has 0 aliphatic heterocycles. The van der Waals surface area contributed by atoms with Crippen molar-refractivity contribution < 1.29 is 0 Å². The highest BCUT2D eigenvalue weighted by Crippen LogP contribution is 1.76. The van der Waals surface area contributed by atoms with Crippen molar-refractivity contribution in [2.24, 2.45) is 0 Å². The van der Waals surface area contributed by atoms with Crippen molar-refractivity contribution in [1.29, 1.82) is 0 Å². The molecule has 0 saturated heterocycles. The van der Waals surface area contributed by atoms with Crippen LogP contribution in [0.4, 0.5) is 0 Å². The van der Waals surface area contributed by atoms with Crippen LogP contribution in [0.25, 0.3) is 0 Å². The van der Waals surface area contributed by atoms with Crippen molar-refractivity contribution in [2.75, 3.05) is 0 Å². The van der Waals surface area contributed by atoms with E-state index in [1.165, 1.54) is 12.8 Å². The number of hydrogen-bond donors (Lipinski definition) is 0. The van der Waals surface area contributed by atoms with Gasteiger partial charge in [0, 0.05) is 0 Å². The first-order valence-corrected chi connectivity index (χ1v) is 3.90. The normalized spacial score (nSPS) is 4.90. The Morgan fingerprint density at radius 1 is 1.10 bits per heavy atom. The second kappa shape index (κ2) is 69.7. The van der Waals surface area contributed by atoms with E-state index in [0.717, 1.165) is 0 Å². The molecule has 0 fully saturated rings. The minimum absolute atomic E-state index is 0. The van der Waals surface area contributed by atoms with Crippen LogP contribution >= 0.6 is 0 Å². The lowest BCUT2D eigenvalue weighted by Gasteiger charge is -1.68. The first kappa shape index (κ1) is 22.6. The van der Waals surface area contributed by atoms with E-state index in [-0.39, 0.29) is 7.43 Å². The molecule has 0 aliphatic carbocycles. The molecule has 0 nitrogen and oxygen atoms in total. The zero-order chi connectivity index (χ0) is 8.12. The zero-order valence-electron chi connectivity index (χ0n) is 7.70. The van der Waals surface area contributed by atoms with Crippen molar-refractivity contribution in [2.45, 2.75) is 54.9 Å². The summed E-state index contributed by atoms with van der Waals surface area (Å²) in [5, 5.41) is 0. The molecule has 0 N–H and O–H groups in total.